The fraction of sp³-hybridized carbons (Fsp3) is 0.545. The third-order valence-corrected chi connectivity index (χ3v) is 7.54. The Morgan fingerprint density at radius 2 is 1.80 bits per heavy atom. The Bertz CT molecular complexity index is 993. The number of carbonyl (C=O) groups is 1. The van der Waals surface area contributed by atoms with E-state index in [1.165, 1.54) is 17.0 Å². The van der Waals surface area contributed by atoms with Crippen LogP contribution in [0.15, 0.2) is 30.3 Å². The highest BCUT2D eigenvalue weighted by Crippen LogP contribution is 2.26. The molecule has 2 aromatic rings. The van der Waals surface area contributed by atoms with E-state index in [0.29, 0.717) is 31.2 Å². The van der Waals surface area contributed by atoms with Gasteiger partial charge in [-0.15, -0.1) is 0 Å². The summed E-state index contributed by atoms with van der Waals surface area (Å²) in [5.41, 5.74) is 3.78. The summed E-state index contributed by atoms with van der Waals surface area (Å²) < 4.78 is 26.8. The molecule has 1 aliphatic carbocycles. The lowest BCUT2D eigenvalue weighted by molar-refractivity contribution is 0.0935. The van der Waals surface area contributed by atoms with Crippen molar-refractivity contribution in [2.24, 2.45) is 5.92 Å². The Labute approximate surface area is 178 Å². The van der Waals surface area contributed by atoms with Crippen molar-refractivity contribution < 1.29 is 13.2 Å². The van der Waals surface area contributed by atoms with Gasteiger partial charge in [-0.05, 0) is 56.6 Å². The van der Waals surface area contributed by atoms with Crippen LogP contribution in [0.4, 0.5) is 0 Å². The average molecular weight is 431 g/mol. The quantitative estimate of drug-likeness (QED) is 0.739. The number of para-hydroxylation sites is 1. The number of piperidine rings is 1. The number of amides is 1. The van der Waals surface area contributed by atoms with Gasteiger partial charge in [0.2, 0.25) is 10.0 Å². The summed E-state index contributed by atoms with van der Waals surface area (Å²) in [6.45, 7) is 1.61. The number of sulfonamides is 1. The van der Waals surface area contributed by atoms with E-state index >= 15 is 0 Å². The van der Waals surface area contributed by atoms with Gasteiger partial charge in [0.15, 0.2) is 5.69 Å². The molecular formula is C22H30N4O3S. The minimum Gasteiger partial charge on any atom is -0.350 e. The first kappa shape index (κ1) is 21.1. The minimum atomic E-state index is -3.13. The van der Waals surface area contributed by atoms with Gasteiger partial charge in [-0.2, -0.15) is 5.10 Å². The van der Waals surface area contributed by atoms with E-state index in [1.807, 2.05) is 35.0 Å². The van der Waals surface area contributed by atoms with Crippen molar-refractivity contribution in [1.29, 1.82) is 0 Å². The molecule has 1 aromatic heterocycles. The van der Waals surface area contributed by atoms with Gasteiger partial charge < -0.3 is 5.32 Å². The lowest BCUT2D eigenvalue weighted by Gasteiger charge is -2.30. The Kier molecular flexibility index (Phi) is 6.24. The number of fused-ring (bicyclic) bond motifs is 1. The van der Waals surface area contributed by atoms with Crippen molar-refractivity contribution in [3.05, 3.63) is 47.3 Å². The van der Waals surface area contributed by atoms with Gasteiger partial charge in [0.25, 0.3) is 5.91 Å². The number of carbonyl (C=O) groups excluding carboxylic acids is 1. The van der Waals surface area contributed by atoms with Crippen LogP contribution in [0.1, 0.15) is 53.8 Å². The number of aromatic nitrogens is 2. The molecule has 7 nitrogen and oxygen atoms in total. The molecule has 162 valence electrons. The zero-order valence-electron chi connectivity index (χ0n) is 17.5. The minimum absolute atomic E-state index is 0.117. The van der Waals surface area contributed by atoms with Crippen LogP contribution < -0.4 is 5.32 Å². The van der Waals surface area contributed by atoms with Crippen LogP contribution in [-0.4, -0.2) is 54.3 Å². The molecule has 0 bridgehead atoms. The molecule has 1 fully saturated rings. The second-order valence-electron chi connectivity index (χ2n) is 8.40. The molecule has 2 heterocycles. The number of hydrogen-bond donors (Lipinski definition) is 1. The van der Waals surface area contributed by atoms with Gasteiger partial charge in [0, 0.05) is 30.9 Å². The van der Waals surface area contributed by atoms with Crippen LogP contribution in [0.5, 0.6) is 0 Å². The summed E-state index contributed by atoms with van der Waals surface area (Å²) in [5.74, 6) is 0.176. The summed E-state index contributed by atoms with van der Waals surface area (Å²) in [6.07, 6.45) is 7.98. The molecule has 0 unspecified atom stereocenters. The zero-order valence-corrected chi connectivity index (χ0v) is 18.3. The summed E-state index contributed by atoms with van der Waals surface area (Å²) in [7, 11) is -3.13. The maximum atomic E-state index is 13.0. The molecular weight excluding hydrogens is 400 g/mol. The number of hydrogen-bond acceptors (Lipinski definition) is 4. The van der Waals surface area contributed by atoms with Crippen LogP contribution in [0.3, 0.4) is 0 Å². The van der Waals surface area contributed by atoms with E-state index in [2.05, 4.69) is 5.32 Å². The average Bonchev–Trinajstić information content (AvgIpc) is 2.93. The highest BCUT2D eigenvalue weighted by atomic mass is 32.2. The predicted octanol–water partition coefficient (Wildman–Crippen LogP) is 2.54. The SMILES string of the molecule is CS(=O)(=O)N1CCC(CNC(=O)c2nn(-c3ccccc3)c3c2CCCCC3)CC1. The van der Waals surface area contributed by atoms with Gasteiger partial charge in [-0.3, -0.25) is 4.79 Å². The first-order chi connectivity index (χ1) is 14.4. The van der Waals surface area contributed by atoms with Crippen molar-refractivity contribution in [3.63, 3.8) is 0 Å². The monoisotopic (exact) mass is 430 g/mol. The van der Waals surface area contributed by atoms with Gasteiger partial charge in [0.1, 0.15) is 0 Å². The largest absolute Gasteiger partial charge is 0.350 e. The van der Waals surface area contributed by atoms with Crippen LogP contribution in [-0.2, 0) is 22.9 Å². The molecule has 2 aliphatic rings. The topological polar surface area (TPSA) is 84.3 Å². The lowest BCUT2D eigenvalue weighted by atomic mass is 9.98. The fourth-order valence-electron chi connectivity index (χ4n) is 4.51. The predicted molar refractivity (Wildman–Crippen MR) is 116 cm³/mol. The Morgan fingerprint density at radius 1 is 1.10 bits per heavy atom. The maximum Gasteiger partial charge on any atom is 0.272 e. The van der Waals surface area contributed by atoms with Crippen molar-refractivity contribution in [2.75, 3.05) is 25.9 Å². The normalized spacial score (nSPS) is 18.6. The number of nitrogens with zero attached hydrogens (tertiary/aromatic N) is 3. The van der Waals surface area contributed by atoms with E-state index < -0.39 is 10.0 Å². The first-order valence-corrected chi connectivity index (χ1v) is 12.7. The van der Waals surface area contributed by atoms with Gasteiger partial charge in [-0.25, -0.2) is 17.4 Å². The highest BCUT2D eigenvalue weighted by Gasteiger charge is 2.27. The maximum absolute atomic E-state index is 13.0. The van der Waals surface area contributed by atoms with Crippen molar-refractivity contribution in [3.8, 4) is 5.69 Å². The number of nitrogens with one attached hydrogen (secondary N) is 1. The van der Waals surface area contributed by atoms with Crippen LogP contribution >= 0.6 is 0 Å². The Morgan fingerprint density at radius 3 is 2.50 bits per heavy atom. The third-order valence-electron chi connectivity index (χ3n) is 6.24. The Hall–Kier alpha value is -2.19. The smallest absolute Gasteiger partial charge is 0.272 e. The molecule has 0 saturated carbocycles. The molecule has 8 heteroatoms. The highest BCUT2D eigenvalue weighted by molar-refractivity contribution is 7.88. The summed E-state index contributed by atoms with van der Waals surface area (Å²) in [6, 6.07) is 10.0. The van der Waals surface area contributed by atoms with Gasteiger partial charge in [0.05, 0.1) is 11.9 Å². The van der Waals surface area contributed by atoms with E-state index in [-0.39, 0.29) is 5.91 Å². The van der Waals surface area contributed by atoms with E-state index in [9.17, 15) is 13.2 Å². The molecule has 4 rings (SSSR count). The summed E-state index contributed by atoms with van der Waals surface area (Å²) in [4.78, 5) is 13.0. The molecule has 0 radical (unpaired) electrons. The van der Waals surface area contributed by atoms with E-state index in [0.717, 1.165) is 55.5 Å². The zero-order chi connectivity index (χ0) is 21.1. The molecule has 30 heavy (non-hydrogen) atoms. The second kappa shape index (κ2) is 8.89. The fourth-order valence-corrected chi connectivity index (χ4v) is 5.38. The lowest BCUT2D eigenvalue weighted by Crippen LogP contribution is -2.41. The third kappa shape index (κ3) is 4.59. The molecule has 1 saturated heterocycles. The van der Waals surface area contributed by atoms with Crippen molar-refractivity contribution >= 4 is 15.9 Å². The number of benzene rings is 1. The molecule has 1 aliphatic heterocycles. The molecule has 1 aromatic carbocycles. The molecule has 0 spiro atoms. The summed E-state index contributed by atoms with van der Waals surface area (Å²) >= 11 is 0. The van der Waals surface area contributed by atoms with Crippen LogP contribution in [0.25, 0.3) is 5.69 Å². The van der Waals surface area contributed by atoms with Crippen molar-refractivity contribution in [1.82, 2.24) is 19.4 Å². The van der Waals surface area contributed by atoms with Gasteiger partial charge >= 0.3 is 0 Å². The molecule has 1 N–H and O–H groups in total. The summed E-state index contributed by atoms with van der Waals surface area (Å²) in [5, 5.41) is 7.80. The number of rotatable bonds is 5. The Balaban J connectivity index is 1.47. The van der Waals surface area contributed by atoms with Crippen LogP contribution in [0.2, 0.25) is 0 Å². The first-order valence-electron chi connectivity index (χ1n) is 10.8. The molecule has 0 atom stereocenters. The second-order valence-corrected chi connectivity index (χ2v) is 10.4. The standard InChI is InChI=1S/C22H30N4O3S/c1-30(28,29)25-14-12-17(13-15-25)16-23-22(27)21-19-10-6-3-7-11-20(19)26(24-21)18-8-4-2-5-9-18/h2,4-5,8-9,17H,3,6-7,10-16H2,1H3,(H,23,27). The van der Waals surface area contributed by atoms with Crippen LogP contribution in [0, 0.1) is 5.92 Å². The molecule has 1 amide bonds. The van der Waals surface area contributed by atoms with E-state index in [4.69, 9.17) is 5.10 Å². The van der Waals surface area contributed by atoms with E-state index in [1.54, 1.807) is 0 Å². The van der Waals surface area contributed by atoms with Crippen molar-refractivity contribution in [2.45, 2.75) is 44.9 Å². The van der Waals surface area contributed by atoms with Gasteiger partial charge in [-0.1, -0.05) is 24.6 Å².